The van der Waals surface area contributed by atoms with E-state index in [0.717, 1.165) is 4.52 Å². The summed E-state index contributed by atoms with van der Waals surface area (Å²) in [5, 5.41) is 17.6. The lowest BCUT2D eigenvalue weighted by Crippen LogP contribution is -2.16. The van der Waals surface area contributed by atoms with Crippen molar-refractivity contribution in [2.24, 2.45) is 10.2 Å². The minimum Gasteiger partial charge on any atom is -0.382 e. The Balaban J connectivity index is 2.08. The molecule has 100 valence electrons. The molecule has 0 radical (unpaired) electrons. The van der Waals surface area contributed by atoms with E-state index in [4.69, 9.17) is 17.3 Å². The maximum absolute atomic E-state index is 12.1. The third kappa shape index (κ3) is 2.10. The average molecular weight is 291 g/mol. The monoisotopic (exact) mass is 290 g/mol. The zero-order chi connectivity index (χ0) is 14.1. The highest BCUT2D eigenvalue weighted by Gasteiger charge is 2.11. The van der Waals surface area contributed by atoms with Gasteiger partial charge in [-0.2, -0.15) is 19.8 Å². The van der Waals surface area contributed by atoms with Crippen molar-refractivity contribution in [2.75, 3.05) is 5.73 Å². The Hall–Kier alpha value is -2.81. The summed E-state index contributed by atoms with van der Waals surface area (Å²) in [7, 11) is 0. The molecule has 20 heavy (non-hydrogen) atoms. The molecule has 0 spiro atoms. The van der Waals surface area contributed by atoms with Crippen LogP contribution in [0.25, 0.3) is 5.78 Å². The first kappa shape index (κ1) is 12.2. The number of H-pyrrole nitrogens is 1. The van der Waals surface area contributed by atoms with Gasteiger partial charge in [0, 0.05) is 5.02 Å². The summed E-state index contributed by atoms with van der Waals surface area (Å²) in [6.07, 6.45) is 0. The number of nitrogens with zero attached hydrogens (tertiary/aromatic N) is 6. The summed E-state index contributed by atoms with van der Waals surface area (Å²) in [5.41, 5.74) is 5.50. The summed E-state index contributed by atoms with van der Waals surface area (Å²) in [6, 6.07) is 6.70. The van der Waals surface area contributed by atoms with Crippen LogP contribution < -0.4 is 11.3 Å². The van der Waals surface area contributed by atoms with Crippen LogP contribution in [0.2, 0.25) is 5.02 Å². The molecular formula is C10H7ClN8O. The molecule has 0 saturated carbocycles. The van der Waals surface area contributed by atoms with Crippen LogP contribution in [0.5, 0.6) is 0 Å². The fourth-order valence-electron chi connectivity index (χ4n) is 1.53. The first-order valence-corrected chi connectivity index (χ1v) is 5.79. The predicted octanol–water partition coefficient (Wildman–Crippen LogP) is 1.46. The normalized spacial score (nSPS) is 11.4. The van der Waals surface area contributed by atoms with Crippen LogP contribution in [0.15, 0.2) is 39.3 Å². The quantitative estimate of drug-likeness (QED) is 0.691. The summed E-state index contributed by atoms with van der Waals surface area (Å²) in [4.78, 5) is 15.9. The molecule has 3 rings (SSSR count). The number of nitrogen functional groups attached to an aromatic ring is 1. The third-order valence-corrected chi connectivity index (χ3v) is 2.66. The highest BCUT2D eigenvalue weighted by molar-refractivity contribution is 6.30. The molecule has 0 aliphatic rings. The van der Waals surface area contributed by atoms with Gasteiger partial charge in [-0.1, -0.05) is 22.8 Å². The van der Waals surface area contributed by atoms with Crippen LogP contribution in [0, 0.1) is 0 Å². The van der Waals surface area contributed by atoms with Crippen molar-refractivity contribution >= 4 is 34.6 Å². The third-order valence-electron chi connectivity index (χ3n) is 2.43. The molecule has 3 N–H and O–H groups in total. The van der Waals surface area contributed by atoms with Gasteiger partial charge in [-0.25, -0.2) is 0 Å². The Bertz CT molecular complexity index is 867. The maximum Gasteiger partial charge on any atom is 0.305 e. The van der Waals surface area contributed by atoms with Gasteiger partial charge in [-0.15, -0.1) is 5.11 Å². The minimum atomic E-state index is -0.539. The molecule has 0 saturated heterocycles. The van der Waals surface area contributed by atoms with Crippen LogP contribution in [-0.4, -0.2) is 25.0 Å². The molecule has 0 unspecified atom stereocenters. The van der Waals surface area contributed by atoms with Crippen LogP contribution in [-0.2, 0) is 0 Å². The zero-order valence-electron chi connectivity index (χ0n) is 9.86. The van der Waals surface area contributed by atoms with Gasteiger partial charge in [0.05, 0.1) is 5.69 Å². The Labute approximate surface area is 116 Å². The van der Waals surface area contributed by atoms with E-state index in [1.165, 1.54) is 0 Å². The second-order valence-corrected chi connectivity index (χ2v) is 4.20. The lowest BCUT2D eigenvalue weighted by atomic mass is 10.3. The molecule has 2 aromatic heterocycles. The number of tetrazole rings is 1. The van der Waals surface area contributed by atoms with E-state index in [0.29, 0.717) is 10.7 Å². The molecule has 10 heteroatoms. The van der Waals surface area contributed by atoms with E-state index in [-0.39, 0.29) is 17.3 Å². The molecule has 0 atom stereocenters. The topological polar surface area (TPSA) is 127 Å². The SMILES string of the molecule is Nc1nc2nn[nH]n2c(=O)c1N=Nc1cccc(Cl)c1. The van der Waals surface area contributed by atoms with Gasteiger partial charge in [-0.3, -0.25) is 4.79 Å². The first-order valence-electron chi connectivity index (χ1n) is 5.42. The fraction of sp³-hybridized carbons (Fsp3) is 0. The zero-order valence-corrected chi connectivity index (χ0v) is 10.6. The number of rotatable bonds is 2. The Kier molecular flexibility index (Phi) is 2.88. The lowest BCUT2D eigenvalue weighted by Gasteiger charge is -1.97. The van der Waals surface area contributed by atoms with Gasteiger partial charge >= 0.3 is 5.56 Å². The predicted molar refractivity (Wildman–Crippen MR) is 71.4 cm³/mol. The number of azo groups is 1. The van der Waals surface area contributed by atoms with E-state index in [1.807, 2.05) is 0 Å². The maximum atomic E-state index is 12.1. The highest BCUT2D eigenvalue weighted by Crippen LogP contribution is 2.21. The Morgan fingerprint density at radius 2 is 2.20 bits per heavy atom. The number of benzene rings is 1. The average Bonchev–Trinajstić information content (AvgIpc) is 2.87. The molecule has 1 aromatic carbocycles. The molecule has 2 heterocycles. The van der Waals surface area contributed by atoms with E-state index in [2.05, 4.69) is 30.7 Å². The molecule has 0 amide bonds. The molecule has 0 aliphatic heterocycles. The van der Waals surface area contributed by atoms with Crippen molar-refractivity contribution in [3.63, 3.8) is 0 Å². The number of aromatic nitrogens is 5. The summed E-state index contributed by atoms with van der Waals surface area (Å²) < 4.78 is 1.02. The van der Waals surface area contributed by atoms with Gasteiger partial charge in [0.2, 0.25) is 0 Å². The van der Waals surface area contributed by atoms with E-state index >= 15 is 0 Å². The van der Waals surface area contributed by atoms with Gasteiger partial charge in [0.1, 0.15) is 0 Å². The first-order chi connectivity index (χ1) is 9.65. The van der Waals surface area contributed by atoms with Crippen LogP contribution in [0.1, 0.15) is 0 Å². The number of nitrogens with two attached hydrogens (primary N) is 1. The number of halogens is 1. The molecule has 3 aromatic rings. The summed E-state index contributed by atoms with van der Waals surface area (Å²) in [6.45, 7) is 0. The smallest absolute Gasteiger partial charge is 0.305 e. The van der Waals surface area contributed by atoms with Crippen LogP contribution >= 0.6 is 11.6 Å². The molecule has 0 aliphatic carbocycles. The second-order valence-electron chi connectivity index (χ2n) is 3.77. The number of anilines is 1. The Morgan fingerprint density at radius 1 is 1.35 bits per heavy atom. The minimum absolute atomic E-state index is 0.0641. The lowest BCUT2D eigenvalue weighted by molar-refractivity contribution is 0.800. The van der Waals surface area contributed by atoms with Gasteiger partial charge < -0.3 is 5.73 Å². The molecule has 9 nitrogen and oxygen atoms in total. The van der Waals surface area contributed by atoms with Gasteiger partial charge in [0.25, 0.3) is 5.78 Å². The fourth-order valence-corrected chi connectivity index (χ4v) is 1.71. The number of hydrogen-bond donors (Lipinski definition) is 2. The van der Waals surface area contributed by atoms with Crippen molar-refractivity contribution < 1.29 is 0 Å². The van der Waals surface area contributed by atoms with Crippen molar-refractivity contribution in [3.8, 4) is 0 Å². The van der Waals surface area contributed by atoms with Gasteiger partial charge in [-0.05, 0) is 23.4 Å². The van der Waals surface area contributed by atoms with Crippen LogP contribution in [0.3, 0.4) is 0 Å². The second kappa shape index (κ2) is 4.70. The van der Waals surface area contributed by atoms with E-state index in [1.54, 1.807) is 24.3 Å². The van der Waals surface area contributed by atoms with E-state index < -0.39 is 5.56 Å². The number of aromatic amines is 1. The number of hydrogen-bond acceptors (Lipinski definition) is 7. The highest BCUT2D eigenvalue weighted by atomic mass is 35.5. The number of fused-ring (bicyclic) bond motifs is 1. The van der Waals surface area contributed by atoms with E-state index in [9.17, 15) is 4.79 Å². The van der Waals surface area contributed by atoms with Crippen molar-refractivity contribution in [1.82, 2.24) is 25.0 Å². The standard InChI is InChI=1S/C10H7ClN8O/c11-5-2-1-3-6(4-5)14-15-7-8(12)13-10-16-17-18-19(10)9(7)20/h1-4H,12H2,(H,13,16,18). The molecule has 0 bridgehead atoms. The summed E-state index contributed by atoms with van der Waals surface area (Å²) in [5.74, 6) is -0.0103. The Morgan fingerprint density at radius 3 is 3.00 bits per heavy atom. The largest absolute Gasteiger partial charge is 0.382 e. The van der Waals surface area contributed by atoms with Crippen LogP contribution in [0.4, 0.5) is 17.2 Å². The molecule has 0 fully saturated rings. The number of nitrogens with one attached hydrogen (secondary N) is 1. The van der Waals surface area contributed by atoms with Crippen molar-refractivity contribution in [1.29, 1.82) is 0 Å². The summed E-state index contributed by atoms with van der Waals surface area (Å²) >= 11 is 5.83. The van der Waals surface area contributed by atoms with Crippen molar-refractivity contribution in [2.45, 2.75) is 0 Å². The van der Waals surface area contributed by atoms with Crippen molar-refractivity contribution in [3.05, 3.63) is 39.6 Å². The van der Waals surface area contributed by atoms with Gasteiger partial charge in [0.15, 0.2) is 11.5 Å². The molecular weight excluding hydrogens is 284 g/mol.